The zero-order chi connectivity index (χ0) is 27.2. The fraction of sp³-hybridized carbons (Fsp3) is 0.167. The Morgan fingerprint density at radius 2 is 0.550 bits per heavy atom. The molecule has 0 saturated heterocycles. The Morgan fingerprint density at radius 3 is 0.775 bits per heavy atom. The summed E-state index contributed by atoms with van der Waals surface area (Å²) in [7, 11) is 0. The molecular formula is C36H32S4. The van der Waals surface area contributed by atoms with Gasteiger partial charge in [0.25, 0.3) is 0 Å². The first-order chi connectivity index (χ1) is 19.9. The van der Waals surface area contributed by atoms with Crippen molar-refractivity contribution in [3.63, 3.8) is 0 Å². The molecular weight excluding hydrogens is 561 g/mol. The molecule has 0 aromatic heterocycles. The van der Waals surface area contributed by atoms with E-state index in [2.05, 4.69) is 133 Å². The lowest BCUT2D eigenvalue weighted by molar-refractivity contribution is 1.13. The molecule has 1 aliphatic rings. The van der Waals surface area contributed by atoms with Crippen LogP contribution in [0, 0.1) is 0 Å². The van der Waals surface area contributed by atoms with Crippen LogP contribution in [0.2, 0.25) is 0 Å². The third-order valence-electron chi connectivity index (χ3n) is 6.16. The molecule has 0 radical (unpaired) electrons. The molecule has 0 unspecified atom stereocenters. The molecule has 1 heterocycles. The van der Waals surface area contributed by atoms with Crippen LogP contribution in [0.15, 0.2) is 133 Å². The number of hydrogen-bond acceptors (Lipinski definition) is 4. The molecule has 0 nitrogen and oxygen atoms in total. The lowest BCUT2D eigenvalue weighted by Crippen LogP contribution is -1.90. The maximum Gasteiger partial charge on any atom is 0.0577 e. The predicted octanol–water partition coefficient (Wildman–Crippen LogP) is 11.1. The maximum absolute atomic E-state index is 3.86. The van der Waals surface area contributed by atoms with Crippen molar-refractivity contribution in [1.82, 2.24) is 0 Å². The van der Waals surface area contributed by atoms with E-state index in [0.717, 1.165) is 35.9 Å². The smallest absolute Gasteiger partial charge is 0.0577 e. The molecule has 40 heavy (non-hydrogen) atoms. The van der Waals surface area contributed by atoms with Gasteiger partial charge in [0.2, 0.25) is 0 Å². The van der Waals surface area contributed by atoms with Gasteiger partial charge < -0.3 is 0 Å². The summed E-state index contributed by atoms with van der Waals surface area (Å²) in [4.78, 5) is 4.90. The normalized spacial score (nSPS) is 15.8. The second-order valence-electron chi connectivity index (χ2n) is 9.13. The van der Waals surface area contributed by atoms with E-state index in [1.807, 2.05) is 47.0 Å². The van der Waals surface area contributed by atoms with Crippen molar-refractivity contribution in [3.05, 3.63) is 155 Å². The third kappa shape index (κ3) is 8.66. The quantitative estimate of drug-likeness (QED) is 0.216. The lowest BCUT2D eigenvalue weighted by Gasteiger charge is -2.11. The lowest BCUT2D eigenvalue weighted by atomic mass is 10.2. The molecule has 4 aromatic carbocycles. The molecule has 0 atom stereocenters. The van der Waals surface area contributed by atoms with Crippen LogP contribution in [0.5, 0.6) is 0 Å². The van der Waals surface area contributed by atoms with E-state index in [4.69, 9.17) is 0 Å². The highest BCUT2D eigenvalue weighted by Crippen LogP contribution is 2.37. The molecule has 4 heteroatoms. The second kappa shape index (κ2) is 15.9. The van der Waals surface area contributed by atoms with Gasteiger partial charge in [0, 0.05) is 0 Å². The van der Waals surface area contributed by atoms with Gasteiger partial charge in [-0.25, -0.2) is 0 Å². The van der Waals surface area contributed by atoms with E-state index in [1.165, 1.54) is 41.9 Å². The van der Waals surface area contributed by atoms with E-state index in [9.17, 15) is 0 Å². The molecule has 4 aromatic rings. The first-order valence-electron chi connectivity index (χ1n) is 13.6. The van der Waals surface area contributed by atoms with Gasteiger partial charge >= 0.3 is 0 Å². The van der Waals surface area contributed by atoms with E-state index >= 15 is 0 Å². The van der Waals surface area contributed by atoms with Crippen LogP contribution in [0.4, 0.5) is 0 Å². The monoisotopic (exact) mass is 592 g/mol. The Balaban J connectivity index is 1.48. The standard InChI is InChI=1S/C36H32S4/c1-5-15-29(16-6-1)33-27-34(30-17-7-2-8-18-30)38-25-14-26-40-36(32-21-11-4-12-22-32)28-35(39-24-13-23-37-33)31-19-9-3-10-20-31/h1-12,15-22H,13-14,23-26H2. The van der Waals surface area contributed by atoms with Gasteiger partial charge in [0.05, 0.1) is 19.6 Å². The molecule has 0 spiro atoms. The molecule has 0 amide bonds. The van der Waals surface area contributed by atoms with Crippen LogP contribution < -0.4 is 0 Å². The minimum atomic E-state index is 1.04. The highest BCUT2D eigenvalue weighted by Gasteiger charge is 2.10. The van der Waals surface area contributed by atoms with Crippen LogP contribution in [0.25, 0.3) is 19.6 Å². The van der Waals surface area contributed by atoms with Crippen molar-refractivity contribution in [3.8, 4) is 0 Å². The Kier molecular flexibility index (Phi) is 11.5. The van der Waals surface area contributed by atoms with Crippen molar-refractivity contribution < 1.29 is 0 Å². The highest BCUT2D eigenvalue weighted by molar-refractivity contribution is 8.10. The zero-order valence-corrected chi connectivity index (χ0v) is 25.7. The summed E-state index contributed by atoms with van der Waals surface area (Å²) in [5.41, 5.74) is 12.7. The fourth-order valence-electron chi connectivity index (χ4n) is 4.15. The molecule has 0 bridgehead atoms. The minimum Gasteiger partial charge on any atom is -0.117 e. The number of benzene rings is 4. The van der Waals surface area contributed by atoms with Gasteiger partial charge in [-0.3, -0.25) is 0 Å². The topological polar surface area (TPSA) is 0 Å². The number of rotatable bonds is 4. The Labute approximate surface area is 256 Å². The van der Waals surface area contributed by atoms with Gasteiger partial charge in [-0.15, -0.1) is 47.0 Å². The van der Waals surface area contributed by atoms with Crippen LogP contribution in [0.3, 0.4) is 0 Å². The van der Waals surface area contributed by atoms with Crippen molar-refractivity contribution in [1.29, 1.82) is 0 Å². The summed E-state index contributed by atoms with van der Waals surface area (Å²) >= 11 is 7.69. The Bertz CT molecular complexity index is 1260. The van der Waals surface area contributed by atoms with E-state index in [0.29, 0.717) is 0 Å². The van der Waals surface area contributed by atoms with Crippen LogP contribution in [-0.4, -0.2) is 23.0 Å². The molecule has 1 aliphatic heterocycles. The van der Waals surface area contributed by atoms with Crippen molar-refractivity contribution in [2.75, 3.05) is 23.0 Å². The molecule has 0 fully saturated rings. The van der Waals surface area contributed by atoms with Gasteiger partial charge in [0.1, 0.15) is 0 Å². The van der Waals surface area contributed by atoms with Crippen molar-refractivity contribution in [2.24, 2.45) is 0 Å². The number of hydrogen-bond donors (Lipinski definition) is 0. The summed E-state index contributed by atoms with van der Waals surface area (Å²) in [5.74, 6) is 4.18. The van der Waals surface area contributed by atoms with Gasteiger partial charge in [0.15, 0.2) is 0 Å². The van der Waals surface area contributed by atoms with E-state index < -0.39 is 0 Å². The maximum atomic E-state index is 3.86. The molecule has 5 rings (SSSR count). The van der Waals surface area contributed by atoms with Gasteiger partial charge in [-0.1, -0.05) is 133 Å². The zero-order valence-electron chi connectivity index (χ0n) is 22.4. The number of thioether (sulfide) groups is 4. The average molecular weight is 593 g/mol. The second-order valence-corrected chi connectivity index (χ2v) is 13.6. The third-order valence-corrected chi connectivity index (χ3v) is 10.6. The SMILES string of the molecule is C1=C(c2ccccc2)SCCCSC(c2ccccc2)=C=C(c2ccccc2)SCCCSC=1c1ccccc1. The molecule has 0 aliphatic carbocycles. The molecule has 200 valence electrons. The largest absolute Gasteiger partial charge is 0.117 e. The molecule has 0 saturated carbocycles. The first kappa shape index (κ1) is 28.8. The van der Waals surface area contributed by atoms with Gasteiger partial charge in [-0.2, -0.15) is 0 Å². The Morgan fingerprint density at radius 1 is 0.325 bits per heavy atom. The highest BCUT2D eigenvalue weighted by atomic mass is 32.2. The summed E-state index contributed by atoms with van der Waals surface area (Å²) in [6.07, 6.45) is 2.21. The van der Waals surface area contributed by atoms with Crippen LogP contribution in [-0.2, 0) is 0 Å². The predicted molar refractivity (Wildman–Crippen MR) is 185 cm³/mol. The average Bonchev–Trinajstić information content (AvgIpc) is 3.02. The fourth-order valence-corrected chi connectivity index (χ4v) is 8.52. The summed E-state index contributed by atoms with van der Waals surface area (Å²) in [5, 5.41) is 0. The minimum absolute atomic E-state index is 1.04. The summed E-state index contributed by atoms with van der Waals surface area (Å²) < 4.78 is 0. The Hall–Kier alpha value is -2.68. The van der Waals surface area contributed by atoms with Crippen LogP contribution in [0.1, 0.15) is 35.1 Å². The van der Waals surface area contributed by atoms with Gasteiger partial charge in [-0.05, 0) is 58.1 Å². The van der Waals surface area contributed by atoms with E-state index in [1.54, 1.807) is 0 Å². The van der Waals surface area contributed by atoms with Crippen molar-refractivity contribution in [2.45, 2.75) is 12.8 Å². The first-order valence-corrected chi connectivity index (χ1v) is 17.6. The summed E-state index contributed by atoms with van der Waals surface area (Å²) in [6.45, 7) is 0. The van der Waals surface area contributed by atoms with Crippen molar-refractivity contribution >= 4 is 66.7 Å². The summed E-state index contributed by atoms with van der Waals surface area (Å²) in [6, 6.07) is 43.0. The van der Waals surface area contributed by atoms with Crippen LogP contribution >= 0.6 is 47.0 Å². The molecule has 0 N–H and O–H groups in total. The van der Waals surface area contributed by atoms with E-state index in [-0.39, 0.29) is 0 Å².